The molecule has 13 heavy (non-hydrogen) atoms. The third-order valence-corrected chi connectivity index (χ3v) is 3.68. The molecule has 0 radical (unpaired) electrons. The summed E-state index contributed by atoms with van der Waals surface area (Å²) >= 11 is 2.01. The van der Waals surface area contributed by atoms with Crippen LogP contribution in [0.5, 0.6) is 0 Å². The molecule has 0 aromatic carbocycles. The molecule has 0 amide bonds. The van der Waals surface area contributed by atoms with Gasteiger partial charge in [-0.1, -0.05) is 27.2 Å². The predicted octanol–water partition coefficient (Wildman–Crippen LogP) is 3.30. The van der Waals surface area contributed by atoms with Crippen LogP contribution in [-0.4, -0.2) is 24.1 Å². The molecule has 0 aliphatic heterocycles. The first kappa shape index (κ1) is 13.3. The van der Waals surface area contributed by atoms with Crippen LogP contribution in [0.2, 0.25) is 0 Å². The van der Waals surface area contributed by atoms with Crippen molar-refractivity contribution in [1.82, 2.24) is 5.32 Å². The highest BCUT2D eigenvalue weighted by molar-refractivity contribution is 7.99. The standard InChI is InChI=1S/C11H25NS/c1-5-8-10(12-9-6-2)11(7-3)13-4/h10-12H,5-9H2,1-4H3. The van der Waals surface area contributed by atoms with E-state index in [4.69, 9.17) is 0 Å². The number of thioether (sulfide) groups is 1. The second-order valence-corrected chi connectivity index (χ2v) is 4.61. The third-order valence-electron chi connectivity index (χ3n) is 2.41. The molecule has 0 rings (SSSR count). The lowest BCUT2D eigenvalue weighted by atomic mass is 10.1. The summed E-state index contributed by atoms with van der Waals surface area (Å²) in [5.41, 5.74) is 0. The molecule has 80 valence electrons. The van der Waals surface area contributed by atoms with Crippen LogP contribution in [-0.2, 0) is 0 Å². The zero-order valence-corrected chi connectivity index (χ0v) is 10.4. The first-order valence-corrected chi connectivity index (χ1v) is 6.85. The quantitative estimate of drug-likeness (QED) is 0.649. The van der Waals surface area contributed by atoms with Gasteiger partial charge in [0.1, 0.15) is 0 Å². The molecule has 0 saturated carbocycles. The largest absolute Gasteiger partial charge is 0.313 e. The van der Waals surface area contributed by atoms with E-state index < -0.39 is 0 Å². The summed E-state index contributed by atoms with van der Waals surface area (Å²) in [7, 11) is 0. The van der Waals surface area contributed by atoms with Crippen molar-refractivity contribution in [2.24, 2.45) is 0 Å². The summed E-state index contributed by atoms with van der Waals surface area (Å²) in [6.07, 6.45) is 7.36. The van der Waals surface area contributed by atoms with Crippen molar-refractivity contribution < 1.29 is 0 Å². The third kappa shape index (κ3) is 5.58. The molecule has 0 heterocycles. The summed E-state index contributed by atoms with van der Waals surface area (Å²) in [6.45, 7) is 7.96. The molecule has 0 bridgehead atoms. The highest BCUT2D eigenvalue weighted by Crippen LogP contribution is 2.18. The molecule has 2 unspecified atom stereocenters. The Bertz CT molecular complexity index is 102. The number of rotatable bonds is 8. The Kier molecular flexibility index (Phi) is 9.10. The molecular weight excluding hydrogens is 178 g/mol. The van der Waals surface area contributed by atoms with Crippen LogP contribution in [0.1, 0.15) is 46.5 Å². The van der Waals surface area contributed by atoms with Gasteiger partial charge in [-0.3, -0.25) is 0 Å². The van der Waals surface area contributed by atoms with Crippen LogP contribution in [0.15, 0.2) is 0 Å². The molecule has 0 aliphatic rings. The Labute approximate surface area is 88.1 Å². The summed E-state index contributed by atoms with van der Waals surface area (Å²) in [6, 6.07) is 0.727. The van der Waals surface area contributed by atoms with E-state index in [0.29, 0.717) is 0 Å². The van der Waals surface area contributed by atoms with E-state index in [1.165, 1.54) is 32.2 Å². The smallest absolute Gasteiger partial charge is 0.0195 e. The monoisotopic (exact) mass is 203 g/mol. The van der Waals surface area contributed by atoms with Gasteiger partial charge in [-0.2, -0.15) is 11.8 Å². The predicted molar refractivity (Wildman–Crippen MR) is 64.6 cm³/mol. The second kappa shape index (κ2) is 8.89. The van der Waals surface area contributed by atoms with Crippen molar-refractivity contribution in [1.29, 1.82) is 0 Å². The van der Waals surface area contributed by atoms with Crippen LogP contribution < -0.4 is 5.32 Å². The second-order valence-electron chi connectivity index (χ2n) is 3.53. The summed E-state index contributed by atoms with van der Waals surface area (Å²) in [4.78, 5) is 0. The lowest BCUT2D eigenvalue weighted by Crippen LogP contribution is -2.38. The zero-order valence-electron chi connectivity index (χ0n) is 9.60. The fourth-order valence-electron chi connectivity index (χ4n) is 1.68. The molecule has 1 nitrogen and oxygen atoms in total. The van der Waals surface area contributed by atoms with Crippen molar-refractivity contribution in [3.8, 4) is 0 Å². The highest BCUT2D eigenvalue weighted by Gasteiger charge is 2.16. The van der Waals surface area contributed by atoms with Gasteiger partial charge in [0.2, 0.25) is 0 Å². The molecule has 0 saturated heterocycles. The molecule has 0 fully saturated rings. The first-order chi connectivity index (χ1) is 6.29. The SMILES string of the molecule is CCCNC(CCC)C(CC)SC. The van der Waals surface area contributed by atoms with E-state index in [1.807, 2.05) is 11.8 Å². The van der Waals surface area contributed by atoms with Crippen LogP contribution in [0, 0.1) is 0 Å². The summed E-state index contributed by atoms with van der Waals surface area (Å²) in [5.74, 6) is 0. The van der Waals surface area contributed by atoms with Crippen molar-refractivity contribution in [2.45, 2.75) is 57.7 Å². The normalized spacial score (nSPS) is 15.7. The van der Waals surface area contributed by atoms with E-state index >= 15 is 0 Å². The van der Waals surface area contributed by atoms with Gasteiger partial charge >= 0.3 is 0 Å². The van der Waals surface area contributed by atoms with Crippen LogP contribution >= 0.6 is 11.8 Å². The van der Waals surface area contributed by atoms with Gasteiger partial charge in [0.25, 0.3) is 0 Å². The van der Waals surface area contributed by atoms with Gasteiger partial charge in [0.15, 0.2) is 0 Å². The Morgan fingerprint density at radius 3 is 2.23 bits per heavy atom. The summed E-state index contributed by atoms with van der Waals surface area (Å²) in [5, 5.41) is 4.45. The van der Waals surface area contributed by atoms with Crippen molar-refractivity contribution in [3.05, 3.63) is 0 Å². The maximum absolute atomic E-state index is 3.65. The van der Waals surface area contributed by atoms with Gasteiger partial charge in [-0.15, -0.1) is 0 Å². The summed E-state index contributed by atoms with van der Waals surface area (Å²) < 4.78 is 0. The molecule has 2 atom stereocenters. The Hall–Kier alpha value is 0.310. The fourth-order valence-corrected chi connectivity index (χ4v) is 2.57. The van der Waals surface area contributed by atoms with E-state index in [1.54, 1.807) is 0 Å². The molecule has 1 N–H and O–H groups in total. The van der Waals surface area contributed by atoms with Crippen molar-refractivity contribution >= 4 is 11.8 Å². The van der Waals surface area contributed by atoms with Crippen molar-refractivity contribution in [2.75, 3.05) is 12.8 Å². The van der Waals surface area contributed by atoms with Gasteiger partial charge in [0, 0.05) is 11.3 Å². The van der Waals surface area contributed by atoms with Gasteiger partial charge < -0.3 is 5.32 Å². The highest BCUT2D eigenvalue weighted by atomic mass is 32.2. The maximum atomic E-state index is 3.65. The van der Waals surface area contributed by atoms with E-state index in [0.717, 1.165) is 11.3 Å². The van der Waals surface area contributed by atoms with Crippen molar-refractivity contribution in [3.63, 3.8) is 0 Å². The first-order valence-electron chi connectivity index (χ1n) is 5.56. The Morgan fingerprint density at radius 2 is 1.85 bits per heavy atom. The minimum absolute atomic E-state index is 0.727. The molecular formula is C11H25NS. The lowest BCUT2D eigenvalue weighted by molar-refractivity contribution is 0.455. The zero-order chi connectivity index (χ0) is 10.1. The minimum Gasteiger partial charge on any atom is -0.313 e. The van der Waals surface area contributed by atoms with Crippen LogP contribution in [0.3, 0.4) is 0 Å². The molecule has 0 aromatic rings. The van der Waals surface area contributed by atoms with Crippen LogP contribution in [0.4, 0.5) is 0 Å². The van der Waals surface area contributed by atoms with E-state index in [-0.39, 0.29) is 0 Å². The molecule has 0 spiro atoms. The Balaban J connectivity index is 3.88. The number of hydrogen-bond acceptors (Lipinski definition) is 2. The number of hydrogen-bond donors (Lipinski definition) is 1. The molecule has 0 aromatic heterocycles. The Morgan fingerprint density at radius 1 is 1.15 bits per heavy atom. The molecule has 2 heteroatoms. The molecule has 0 aliphatic carbocycles. The van der Waals surface area contributed by atoms with Gasteiger partial charge in [0.05, 0.1) is 0 Å². The van der Waals surface area contributed by atoms with E-state index in [9.17, 15) is 0 Å². The topological polar surface area (TPSA) is 12.0 Å². The minimum atomic E-state index is 0.727. The van der Waals surface area contributed by atoms with E-state index in [2.05, 4.69) is 32.3 Å². The average molecular weight is 203 g/mol. The fraction of sp³-hybridized carbons (Fsp3) is 1.00. The van der Waals surface area contributed by atoms with Gasteiger partial charge in [-0.25, -0.2) is 0 Å². The van der Waals surface area contributed by atoms with Crippen LogP contribution in [0.25, 0.3) is 0 Å². The maximum Gasteiger partial charge on any atom is 0.0195 e. The average Bonchev–Trinajstić information content (AvgIpc) is 2.16. The lowest BCUT2D eigenvalue weighted by Gasteiger charge is -2.25. The number of nitrogens with one attached hydrogen (secondary N) is 1. The van der Waals surface area contributed by atoms with Gasteiger partial charge in [-0.05, 0) is 32.1 Å².